The highest BCUT2D eigenvalue weighted by molar-refractivity contribution is 5.89. The molecule has 60 valence electrons. The third-order valence-corrected chi connectivity index (χ3v) is 1.98. The standard InChI is InChI=1S/C10H9NO/c1-7-8-3-2-4-10(12)9(8)5-6-11-7/h2-6,12H,1H3. The summed E-state index contributed by atoms with van der Waals surface area (Å²) in [5.74, 6) is 0.318. The summed E-state index contributed by atoms with van der Waals surface area (Å²) in [6.45, 7) is 1.93. The SMILES string of the molecule is Cc1nccc2c(O)cccc12. The van der Waals surface area contributed by atoms with Crippen LogP contribution in [0.3, 0.4) is 0 Å². The fourth-order valence-electron chi connectivity index (χ4n) is 1.34. The maximum atomic E-state index is 9.47. The molecule has 0 aliphatic rings. The van der Waals surface area contributed by atoms with E-state index in [0.717, 1.165) is 16.5 Å². The van der Waals surface area contributed by atoms with Gasteiger partial charge in [0.1, 0.15) is 5.75 Å². The Morgan fingerprint density at radius 2 is 2.00 bits per heavy atom. The molecule has 0 unspecified atom stereocenters. The lowest BCUT2D eigenvalue weighted by Crippen LogP contribution is -1.82. The fraction of sp³-hybridized carbons (Fsp3) is 0.100. The fourth-order valence-corrected chi connectivity index (χ4v) is 1.34. The van der Waals surface area contributed by atoms with Crippen molar-refractivity contribution >= 4 is 10.8 Å². The van der Waals surface area contributed by atoms with Crippen molar-refractivity contribution in [2.24, 2.45) is 0 Å². The Hall–Kier alpha value is -1.57. The van der Waals surface area contributed by atoms with E-state index in [9.17, 15) is 5.11 Å². The molecule has 0 amide bonds. The molecule has 1 aromatic carbocycles. The predicted molar refractivity (Wildman–Crippen MR) is 48.1 cm³/mol. The monoisotopic (exact) mass is 159 g/mol. The van der Waals surface area contributed by atoms with Gasteiger partial charge in [-0.3, -0.25) is 4.98 Å². The number of aromatic hydroxyl groups is 1. The average molecular weight is 159 g/mol. The quantitative estimate of drug-likeness (QED) is 0.639. The molecule has 0 aliphatic carbocycles. The number of rotatable bonds is 0. The van der Waals surface area contributed by atoms with Crippen molar-refractivity contribution in [1.29, 1.82) is 0 Å². The zero-order valence-corrected chi connectivity index (χ0v) is 6.78. The Balaban J connectivity index is 2.94. The summed E-state index contributed by atoms with van der Waals surface area (Å²) in [5, 5.41) is 11.3. The molecule has 1 N–H and O–H groups in total. The average Bonchev–Trinajstić information content (AvgIpc) is 2.07. The summed E-state index contributed by atoms with van der Waals surface area (Å²) >= 11 is 0. The van der Waals surface area contributed by atoms with Gasteiger partial charge in [-0.25, -0.2) is 0 Å². The van der Waals surface area contributed by atoms with E-state index in [-0.39, 0.29) is 0 Å². The van der Waals surface area contributed by atoms with Gasteiger partial charge < -0.3 is 5.11 Å². The summed E-state index contributed by atoms with van der Waals surface area (Å²) in [6.07, 6.45) is 1.71. The first-order chi connectivity index (χ1) is 5.79. The summed E-state index contributed by atoms with van der Waals surface area (Å²) in [7, 11) is 0. The Kier molecular flexibility index (Phi) is 1.47. The van der Waals surface area contributed by atoms with Crippen molar-refractivity contribution in [2.45, 2.75) is 6.92 Å². The molecule has 0 saturated heterocycles. The molecule has 0 spiro atoms. The maximum Gasteiger partial charge on any atom is 0.123 e. The molecule has 2 rings (SSSR count). The van der Waals surface area contributed by atoms with E-state index in [1.807, 2.05) is 25.1 Å². The lowest BCUT2D eigenvalue weighted by molar-refractivity contribution is 0.481. The van der Waals surface area contributed by atoms with Crippen molar-refractivity contribution < 1.29 is 5.11 Å². The first-order valence-corrected chi connectivity index (χ1v) is 3.82. The molecule has 1 heterocycles. The second-order valence-corrected chi connectivity index (χ2v) is 2.77. The molecule has 0 saturated carbocycles. The van der Waals surface area contributed by atoms with E-state index in [2.05, 4.69) is 4.98 Å². The molecule has 2 aromatic rings. The molecule has 2 heteroatoms. The van der Waals surface area contributed by atoms with Gasteiger partial charge in [-0.1, -0.05) is 12.1 Å². The molecule has 0 fully saturated rings. The van der Waals surface area contributed by atoms with Crippen molar-refractivity contribution in [3.8, 4) is 5.75 Å². The highest BCUT2D eigenvalue weighted by atomic mass is 16.3. The van der Waals surface area contributed by atoms with Crippen LogP contribution in [0.25, 0.3) is 10.8 Å². The van der Waals surface area contributed by atoms with Crippen molar-refractivity contribution in [3.63, 3.8) is 0 Å². The van der Waals surface area contributed by atoms with Crippen LogP contribution in [0.15, 0.2) is 30.5 Å². The second-order valence-electron chi connectivity index (χ2n) is 2.77. The number of pyridine rings is 1. The third-order valence-electron chi connectivity index (χ3n) is 1.98. The van der Waals surface area contributed by atoms with E-state index in [0.29, 0.717) is 5.75 Å². The number of nitrogens with zero attached hydrogens (tertiary/aromatic N) is 1. The maximum absolute atomic E-state index is 9.47. The summed E-state index contributed by atoms with van der Waals surface area (Å²) < 4.78 is 0. The Morgan fingerprint density at radius 3 is 2.75 bits per heavy atom. The van der Waals surface area contributed by atoms with Crippen LogP contribution in [0.1, 0.15) is 5.69 Å². The zero-order chi connectivity index (χ0) is 8.55. The minimum absolute atomic E-state index is 0.318. The molecular weight excluding hydrogens is 150 g/mol. The second kappa shape index (κ2) is 2.48. The van der Waals surface area contributed by atoms with Gasteiger partial charge in [0.15, 0.2) is 0 Å². The predicted octanol–water partition coefficient (Wildman–Crippen LogP) is 2.25. The van der Waals surface area contributed by atoms with Crippen LogP contribution in [-0.4, -0.2) is 10.1 Å². The van der Waals surface area contributed by atoms with Crippen molar-refractivity contribution in [3.05, 3.63) is 36.2 Å². The van der Waals surface area contributed by atoms with Crippen LogP contribution >= 0.6 is 0 Å². The van der Waals surface area contributed by atoms with E-state index in [4.69, 9.17) is 0 Å². The molecule has 0 bridgehead atoms. The van der Waals surface area contributed by atoms with Crippen LogP contribution in [0.5, 0.6) is 5.75 Å². The molecule has 1 aromatic heterocycles. The molecule has 0 aliphatic heterocycles. The smallest absolute Gasteiger partial charge is 0.123 e. The number of aryl methyl sites for hydroxylation is 1. The summed E-state index contributed by atoms with van der Waals surface area (Å²) in [4.78, 5) is 4.14. The van der Waals surface area contributed by atoms with Crippen LogP contribution in [0.2, 0.25) is 0 Å². The number of hydrogen-bond donors (Lipinski definition) is 1. The third kappa shape index (κ3) is 0.925. The Morgan fingerprint density at radius 1 is 1.17 bits per heavy atom. The molecule has 12 heavy (non-hydrogen) atoms. The number of hydrogen-bond acceptors (Lipinski definition) is 2. The van der Waals surface area contributed by atoms with Gasteiger partial charge in [0, 0.05) is 22.7 Å². The number of phenolic OH excluding ortho intramolecular Hbond substituents is 1. The topological polar surface area (TPSA) is 33.1 Å². The van der Waals surface area contributed by atoms with Crippen molar-refractivity contribution in [1.82, 2.24) is 4.98 Å². The zero-order valence-electron chi connectivity index (χ0n) is 6.78. The van der Waals surface area contributed by atoms with Crippen LogP contribution in [-0.2, 0) is 0 Å². The lowest BCUT2D eigenvalue weighted by Gasteiger charge is -2.01. The van der Waals surface area contributed by atoms with E-state index in [1.165, 1.54) is 0 Å². The highest BCUT2D eigenvalue weighted by Crippen LogP contribution is 2.24. The largest absolute Gasteiger partial charge is 0.507 e. The van der Waals surface area contributed by atoms with Crippen LogP contribution in [0.4, 0.5) is 0 Å². The molecular formula is C10H9NO. The van der Waals surface area contributed by atoms with Gasteiger partial charge in [-0.2, -0.15) is 0 Å². The Bertz CT molecular complexity index is 382. The van der Waals surface area contributed by atoms with Gasteiger partial charge in [0.25, 0.3) is 0 Å². The minimum atomic E-state index is 0.318. The lowest BCUT2D eigenvalue weighted by atomic mass is 10.1. The summed E-state index contributed by atoms with van der Waals surface area (Å²) in [6, 6.07) is 7.28. The number of aromatic nitrogens is 1. The molecule has 2 nitrogen and oxygen atoms in total. The normalized spacial score (nSPS) is 10.4. The van der Waals surface area contributed by atoms with E-state index in [1.54, 1.807) is 12.3 Å². The first-order valence-electron chi connectivity index (χ1n) is 3.82. The van der Waals surface area contributed by atoms with Gasteiger partial charge in [-0.05, 0) is 19.1 Å². The molecule has 0 radical (unpaired) electrons. The minimum Gasteiger partial charge on any atom is -0.507 e. The van der Waals surface area contributed by atoms with E-state index >= 15 is 0 Å². The first kappa shape index (κ1) is 7.10. The van der Waals surface area contributed by atoms with Crippen LogP contribution in [0, 0.1) is 6.92 Å². The number of fused-ring (bicyclic) bond motifs is 1. The highest BCUT2D eigenvalue weighted by Gasteiger charge is 1.99. The summed E-state index contributed by atoms with van der Waals surface area (Å²) in [5.41, 5.74) is 0.948. The number of phenols is 1. The number of benzene rings is 1. The Labute approximate surface area is 70.5 Å². The van der Waals surface area contributed by atoms with Gasteiger partial charge in [-0.15, -0.1) is 0 Å². The van der Waals surface area contributed by atoms with Gasteiger partial charge in [0.2, 0.25) is 0 Å². The van der Waals surface area contributed by atoms with E-state index < -0.39 is 0 Å². The van der Waals surface area contributed by atoms with Crippen LogP contribution < -0.4 is 0 Å². The van der Waals surface area contributed by atoms with Crippen molar-refractivity contribution in [2.75, 3.05) is 0 Å². The van der Waals surface area contributed by atoms with Gasteiger partial charge >= 0.3 is 0 Å². The molecule has 0 atom stereocenters. The van der Waals surface area contributed by atoms with Gasteiger partial charge in [0.05, 0.1) is 0 Å².